The summed E-state index contributed by atoms with van der Waals surface area (Å²) in [5.74, 6) is -1.43. The molecule has 8 heteroatoms. The van der Waals surface area contributed by atoms with E-state index in [1.165, 1.54) is 30.7 Å². The third-order valence-electron chi connectivity index (χ3n) is 9.25. The number of aliphatic hydroxyl groups is 1. The SMILES string of the molecule is CCN(CC)C1=CC(=NC(=O)C(C)(C)CC)/C(=C2\C(=O)C(C3C(=O)N(C(C)(C)C)N=C3CCC3CCCC3)=C2O)C=C1. The van der Waals surface area contributed by atoms with Crippen molar-refractivity contribution in [2.45, 2.75) is 106 Å². The predicted molar refractivity (Wildman–Crippen MR) is 167 cm³/mol. The summed E-state index contributed by atoms with van der Waals surface area (Å²) in [4.78, 5) is 47.4. The molecule has 0 spiro atoms. The van der Waals surface area contributed by atoms with Crippen LogP contribution in [0.25, 0.3) is 0 Å². The number of aliphatic imine (C=N–C) groups is 1. The van der Waals surface area contributed by atoms with Crippen LogP contribution in [-0.2, 0) is 14.4 Å². The van der Waals surface area contributed by atoms with E-state index in [0.717, 1.165) is 25.2 Å². The fourth-order valence-electron chi connectivity index (χ4n) is 6.08. The van der Waals surface area contributed by atoms with Gasteiger partial charge in [0.2, 0.25) is 0 Å². The van der Waals surface area contributed by atoms with E-state index in [2.05, 4.69) is 23.7 Å². The summed E-state index contributed by atoms with van der Waals surface area (Å²) >= 11 is 0. The molecule has 1 atom stereocenters. The minimum absolute atomic E-state index is 0.103. The first-order valence-electron chi connectivity index (χ1n) is 15.7. The van der Waals surface area contributed by atoms with E-state index < -0.39 is 16.9 Å². The van der Waals surface area contributed by atoms with Crippen LogP contribution in [0.2, 0.25) is 0 Å². The fraction of sp³-hybridized carbons (Fsp3) is 0.618. The van der Waals surface area contributed by atoms with Gasteiger partial charge in [0.25, 0.3) is 11.8 Å². The van der Waals surface area contributed by atoms with Gasteiger partial charge in [-0.05, 0) is 78.0 Å². The Morgan fingerprint density at radius 2 is 1.71 bits per heavy atom. The molecule has 4 aliphatic rings. The Labute approximate surface area is 251 Å². The first-order valence-corrected chi connectivity index (χ1v) is 15.7. The van der Waals surface area contributed by atoms with Crippen molar-refractivity contribution >= 4 is 29.0 Å². The highest BCUT2D eigenvalue weighted by Gasteiger charge is 2.51. The molecule has 2 amide bonds. The van der Waals surface area contributed by atoms with E-state index >= 15 is 0 Å². The smallest absolute Gasteiger partial charge is 0.256 e. The molecule has 4 rings (SSSR count). The first kappa shape index (κ1) is 31.6. The molecule has 1 N–H and O–H groups in total. The monoisotopic (exact) mass is 576 g/mol. The van der Waals surface area contributed by atoms with Crippen molar-refractivity contribution in [3.63, 3.8) is 0 Å². The zero-order chi connectivity index (χ0) is 31.0. The second kappa shape index (κ2) is 12.1. The number of aliphatic hydroxyl groups excluding tert-OH is 1. The summed E-state index contributed by atoms with van der Waals surface area (Å²) < 4.78 is 0. The van der Waals surface area contributed by atoms with Crippen LogP contribution in [0.15, 0.2) is 56.5 Å². The maximum absolute atomic E-state index is 13.9. The summed E-state index contributed by atoms with van der Waals surface area (Å²) in [5, 5.41) is 17.6. The predicted octanol–water partition coefficient (Wildman–Crippen LogP) is 6.46. The quantitative estimate of drug-likeness (QED) is 0.317. The number of carbonyl (C=O) groups excluding carboxylic acids is 3. The van der Waals surface area contributed by atoms with Gasteiger partial charge in [0, 0.05) is 29.8 Å². The van der Waals surface area contributed by atoms with Crippen LogP contribution in [0.5, 0.6) is 0 Å². The summed E-state index contributed by atoms with van der Waals surface area (Å²) in [5.41, 5.74) is 1.27. The number of hydrogen-bond acceptors (Lipinski definition) is 6. The number of nitrogens with zero attached hydrogens (tertiary/aromatic N) is 4. The summed E-state index contributed by atoms with van der Waals surface area (Å²) in [6, 6.07) is 0. The van der Waals surface area contributed by atoms with Crippen molar-refractivity contribution in [3.05, 3.63) is 46.4 Å². The van der Waals surface area contributed by atoms with Gasteiger partial charge in [-0.25, -0.2) is 10.0 Å². The lowest BCUT2D eigenvalue weighted by Crippen LogP contribution is -2.44. The third-order valence-corrected chi connectivity index (χ3v) is 9.25. The molecule has 0 saturated heterocycles. The van der Waals surface area contributed by atoms with E-state index in [1.807, 2.05) is 53.7 Å². The molecule has 0 bridgehead atoms. The van der Waals surface area contributed by atoms with E-state index in [1.54, 1.807) is 6.08 Å². The molecule has 0 aromatic heterocycles. The van der Waals surface area contributed by atoms with Gasteiger partial charge in [-0.1, -0.05) is 46.5 Å². The summed E-state index contributed by atoms with van der Waals surface area (Å²) in [6.07, 6.45) is 12.4. The highest BCUT2D eigenvalue weighted by molar-refractivity contribution is 6.31. The van der Waals surface area contributed by atoms with Crippen molar-refractivity contribution < 1.29 is 19.5 Å². The molecule has 8 nitrogen and oxygen atoms in total. The Bertz CT molecular complexity index is 1330. The highest BCUT2D eigenvalue weighted by atomic mass is 16.3. The average Bonchev–Trinajstić information content (AvgIpc) is 3.57. The number of likely N-dealkylation sites (N-methyl/N-ethyl adjacent to an activating group) is 1. The number of allylic oxidation sites excluding steroid dienone is 5. The normalized spacial score (nSPS) is 24.5. The van der Waals surface area contributed by atoms with Crippen LogP contribution in [0, 0.1) is 17.3 Å². The Hall–Kier alpha value is -3.29. The molecule has 42 heavy (non-hydrogen) atoms. The summed E-state index contributed by atoms with van der Waals surface area (Å²) in [6.45, 7) is 17.0. The molecule has 1 aliphatic heterocycles. The van der Waals surface area contributed by atoms with Crippen LogP contribution >= 0.6 is 0 Å². The maximum Gasteiger partial charge on any atom is 0.256 e. The number of ketones is 1. The lowest BCUT2D eigenvalue weighted by molar-refractivity contribution is -0.136. The van der Waals surface area contributed by atoms with Crippen LogP contribution in [-0.4, -0.2) is 62.7 Å². The lowest BCUT2D eigenvalue weighted by atomic mass is 9.74. The minimum atomic E-state index is -0.891. The molecule has 0 radical (unpaired) electrons. The second-order valence-electron chi connectivity index (χ2n) is 13.5. The van der Waals surface area contributed by atoms with E-state index in [0.29, 0.717) is 35.8 Å². The average molecular weight is 577 g/mol. The van der Waals surface area contributed by atoms with Crippen molar-refractivity contribution in [2.24, 2.45) is 27.3 Å². The first-order chi connectivity index (χ1) is 19.7. The standard InChI is InChI=1S/C34H48N4O4/c1-9-34(7,8)32(42)35-25-20-22(37(10-2)11-3)17-18-23(25)26-29(39)28(30(26)40)27-24(19-16-21-14-12-13-15-21)36-38(31(27)41)33(4,5)6/h17-18,20-21,27,39H,9-16,19H2,1-8H3/b26-23-,35-25?. The number of hydrogen-bond donors (Lipinski definition) is 1. The Balaban J connectivity index is 1.76. The van der Waals surface area contributed by atoms with Gasteiger partial charge in [-0.2, -0.15) is 5.10 Å². The van der Waals surface area contributed by atoms with Gasteiger partial charge in [-0.3, -0.25) is 14.4 Å². The van der Waals surface area contributed by atoms with Gasteiger partial charge in [0.1, 0.15) is 11.7 Å². The van der Waals surface area contributed by atoms with E-state index in [4.69, 9.17) is 5.10 Å². The lowest BCUT2D eigenvalue weighted by Gasteiger charge is -2.31. The van der Waals surface area contributed by atoms with Crippen LogP contribution in [0.4, 0.5) is 0 Å². The Morgan fingerprint density at radius 3 is 2.26 bits per heavy atom. The second-order valence-corrected chi connectivity index (χ2v) is 13.5. The maximum atomic E-state index is 13.9. The van der Waals surface area contributed by atoms with E-state index in [-0.39, 0.29) is 34.5 Å². The van der Waals surface area contributed by atoms with Gasteiger partial charge < -0.3 is 10.0 Å². The molecule has 1 saturated carbocycles. The van der Waals surface area contributed by atoms with Crippen molar-refractivity contribution in [1.82, 2.24) is 9.91 Å². The van der Waals surface area contributed by atoms with Gasteiger partial charge in [0.15, 0.2) is 5.78 Å². The van der Waals surface area contributed by atoms with Gasteiger partial charge in [-0.15, -0.1) is 0 Å². The minimum Gasteiger partial charge on any atom is -0.507 e. The number of carbonyl (C=O) groups is 3. The topological polar surface area (TPSA) is 103 Å². The van der Waals surface area contributed by atoms with Crippen molar-refractivity contribution in [1.29, 1.82) is 0 Å². The number of rotatable bonds is 9. The van der Waals surface area contributed by atoms with E-state index in [9.17, 15) is 19.5 Å². The molecule has 1 heterocycles. The van der Waals surface area contributed by atoms with Crippen LogP contribution in [0.1, 0.15) is 100 Å². The number of Topliss-reactive ketones (excluding diaryl/α,β-unsaturated/α-hetero) is 1. The van der Waals surface area contributed by atoms with Crippen LogP contribution in [0.3, 0.4) is 0 Å². The Kier molecular flexibility index (Phi) is 9.14. The Morgan fingerprint density at radius 1 is 1.07 bits per heavy atom. The zero-order valence-electron chi connectivity index (χ0n) is 26.7. The molecule has 228 valence electrons. The third kappa shape index (κ3) is 5.95. The molecule has 0 aromatic carbocycles. The summed E-state index contributed by atoms with van der Waals surface area (Å²) in [7, 11) is 0. The highest BCUT2D eigenvalue weighted by Crippen LogP contribution is 2.43. The van der Waals surface area contributed by atoms with Gasteiger partial charge in [0.05, 0.1) is 28.1 Å². The largest absolute Gasteiger partial charge is 0.507 e. The molecule has 0 aromatic rings. The molecule has 1 unspecified atom stereocenters. The fourth-order valence-corrected chi connectivity index (χ4v) is 6.08. The molecule has 1 fully saturated rings. The molecule has 3 aliphatic carbocycles. The van der Waals surface area contributed by atoms with Crippen LogP contribution < -0.4 is 0 Å². The van der Waals surface area contributed by atoms with Crippen molar-refractivity contribution in [2.75, 3.05) is 13.1 Å². The zero-order valence-corrected chi connectivity index (χ0v) is 26.7. The van der Waals surface area contributed by atoms with Gasteiger partial charge >= 0.3 is 0 Å². The number of amides is 2. The molecular weight excluding hydrogens is 528 g/mol. The van der Waals surface area contributed by atoms with Crippen molar-refractivity contribution in [3.8, 4) is 0 Å². The molecular formula is C34H48N4O4. The number of hydrazone groups is 1.